The summed E-state index contributed by atoms with van der Waals surface area (Å²) in [6.07, 6.45) is 7.35. The summed E-state index contributed by atoms with van der Waals surface area (Å²) in [5.41, 5.74) is -0.421. The molecule has 4 bridgehead atoms. The number of ether oxygens (including phenoxy) is 1. The quantitative estimate of drug-likeness (QED) is 0.605. The average Bonchev–Trinajstić information content (AvgIpc) is 3.21. The third kappa shape index (κ3) is 2.58. The highest BCUT2D eigenvalue weighted by atomic mass is 35.5. The number of hydrogen-bond donors (Lipinski definition) is 0. The lowest BCUT2D eigenvalue weighted by Crippen LogP contribution is -2.56. The second-order valence-corrected chi connectivity index (χ2v) is 8.75. The fraction of sp³-hybridized carbons (Fsp3) is 0.611. The van der Waals surface area contributed by atoms with Crippen LogP contribution in [-0.4, -0.2) is 21.0 Å². The average molecular weight is 363 g/mol. The molecule has 2 aromatic heterocycles. The first-order chi connectivity index (χ1) is 12.0. The van der Waals surface area contributed by atoms with E-state index in [2.05, 4.69) is 10.2 Å². The van der Waals surface area contributed by atoms with E-state index >= 15 is 0 Å². The van der Waals surface area contributed by atoms with Crippen LogP contribution in [0.15, 0.2) is 27.2 Å². The van der Waals surface area contributed by atoms with Gasteiger partial charge in [0, 0.05) is 4.87 Å². The van der Waals surface area contributed by atoms with E-state index in [0.29, 0.717) is 17.6 Å². The van der Waals surface area contributed by atoms with Gasteiger partial charge in [0.2, 0.25) is 0 Å². The highest BCUT2D eigenvalue weighted by molar-refractivity contribution is 6.24. The van der Waals surface area contributed by atoms with Gasteiger partial charge in [0.15, 0.2) is 12.4 Å². The van der Waals surface area contributed by atoms with Gasteiger partial charge in [-0.3, -0.25) is 4.79 Å². The first-order valence-electron chi connectivity index (χ1n) is 8.76. The first kappa shape index (κ1) is 15.4. The second kappa shape index (κ2) is 5.34. The minimum absolute atomic E-state index is 0.0150. The molecule has 0 amide bonds. The molecule has 132 valence electrons. The minimum Gasteiger partial charge on any atom is -0.459 e. The molecular formula is C18H19ClN2O4. The van der Waals surface area contributed by atoms with Crippen molar-refractivity contribution in [1.82, 2.24) is 10.2 Å². The van der Waals surface area contributed by atoms with E-state index in [4.69, 9.17) is 25.2 Å². The van der Waals surface area contributed by atoms with E-state index < -0.39 is 5.41 Å². The van der Waals surface area contributed by atoms with Gasteiger partial charge < -0.3 is 13.6 Å². The molecule has 2 aromatic rings. The third-order valence-corrected chi connectivity index (χ3v) is 6.39. The predicted molar refractivity (Wildman–Crippen MR) is 87.5 cm³/mol. The monoisotopic (exact) mass is 362 g/mol. The fourth-order valence-electron chi connectivity index (χ4n) is 5.48. The van der Waals surface area contributed by atoms with E-state index in [1.54, 1.807) is 12.1 Å². The molecule has 0 radical (unpaired) electrons. The summed E-state index contributed by atoms with van der Waals surface area (Å²) in [4.78, 5) is 12.7. The molecule has 2 unspecified atom stereocenters. The normalized spacial score (nSPS) is 35.9. The minimum atomic E-state index is -0.421. The molecular weight excluding hydrogens is 344 g/mol. The molecule has 4 aliphatic carbocycles. The zero-order valence-corrected chi connectivity index (χ0v) is 14.5. The van der Waals surface area contributed by atoms with E-state index in [-0.39, 0.29) is 29.2 Å². The summed E-state index contributed by atoms with van der Waals surface area (Å²) >= 11 is 6.78. The van der Waals surface area contributed by atoms with Crippen molar-refractivity contribution in [3.63, 3.8) is 0 Å². The van der Waals surface area contributed by atoms with Crippen LogP contribution in [0.4, 0.5) is 0 Å². The van der Waals surface area contributed by atoms with Crippen molar-refractivity contribution in [3.05, 3.63) is 24.3 Å². The Labute approximate surface area is 149 Å². The Morgan fingerprint density at radius 1 is 1.28 bits per heavy atom. The van der Waals surface area contributed by atoms with Gasteiger partial charge in [-0.25, -0.2) is 0 Å². The van der Waals surface area contributed by atoms with Gasteiger partial charge in [0.25, 0.3) is 11.8 Å². The van der Waals surface area contributed by atoms with Crippen molar-refractivity contribution in [1.29, 1.82) is 0 Å². The number of aromatic nitrogens is 2. The summed E-state index contributed by atoms with van der Waals surface area (Å²) in [5, 5.41) is 7.84. The van der Waals surface area contributed by atoms with Gasteiger partial charge in [-0.2, -0.15) is 0 Å². The maximum atomic E-state index is 12.9. The SMILES string of the molecule is O=C(OCc1nnc(-c2ccco2)o1)C12C[C@@H]3C[C@@H](CC(Cl)(C3)C1)C2. The van der Waals surface area contributed by atoms with Crippen molar-refractivity contribution < 1.29 is 18.4 Å². The number of carbonyl (C=O) groups is 1. The van der Waals surface area contributed by atoms with Crippen LogP contribution in [0.5, 0.6) is 0 Å². The summed E-state index contributed by atoms with van der Waals surface area (Å²) in [7, 11) is 0. The number of alkyl halides is 1. The lowest BCUT2D eigenvalue weighted by molar-refractivity contribution is -0.172. The molecule has 6 nitrogen and oxygen atoms in total. The van der Waals surface area contributed by atoms with Gasteiger partial charge in [-0.15, -0.1) is 21.8 Å². The molecule has 0 N–H and O–H groups in total. The number of carbonyl (C=O) groups excluding carboxylic acids is 1. The van der Waals surface area contributed by atoms with Gasteiger partial charge in [0.1, 0.15) is 0 Å². The Morgan fingerprint density at radius 3 is 2.76 bits per heavy atom. The first-order valence-corrected chi connectivity index (χ1v) is 9.14. The summed E-state index contributed by atoms with van der Waals surface area (Å²) in [6, 6.07) is 3.48. The van der Waals surface area contributed by atoms with Crippen LogP contribution in [0.1, 0.15) is 44.4 Å². The van der Waals surface area contributed by atoms with Crippen LogP contribution in [0.25, 0.3) is 11.7 Å². The third-order valence-electron chi connectivity index (χ3n) is 5.95. The number of rotatable bonds is 4. The molecule has 25 heavy (non-hydrogen) atoms. The van der Waals surface area contributed by atoms with Crippen LogP contribution in [0.2, 0.25) is 0 Å². The smallest absolute Gasteiger partial charge is 0.312 e. The number of esters is 1. The number of halogens is 1. The molecule has 4 aliphatic rings. The fourth-order valence-corrected chi connectivity index (χ4v) is 6.17. The van der Waals surface area contributed by atoms with Crippen molar-refractivity contribution >= 4 is 17.6 Å². The largest absolute Gasteiger partial charge is 0.459 e. The molecule has 0 spiro atoms. The van der Waals surface area contributed by atoms with Crippen LogP contribution in [0, 0.1) is 17.3 Å². The molecule has 7 heteroatoms. The number of hydrogen-bond acceptors (Lipinski definition) is 6. The maximum absolute atomic E-state index is 12.9. The van der Waals surface area contributed by atoms with Gasteiger partial charge in [0.05, 0.1) is 11.7 Å². The Hall–Kier alpha value is -1.82. The van der Waals surface area contributed by atoms with Crippen LogP contribution in [0.3, 0.4) is 0 Å². The Bertz CT molecular complexity index is 786. The Morgan fingerprint density at radius 2 is 2.08 bits per heavy atom. The van der Waals surface area contributed by atoms with Crippen molar-refractivity contribution in [3.8, 4) is 11.7 Å². The summed E-state index contributed by atoms with van der Waals surface area (Å²) in [6.45, 7) is -0.0150. The maximum Gasteiger partial charge on any atom is 0.312 e. The predicted octanol–water partition coefficient (Wildman–Crippen LogP) is 3.95. The van der Waals surface area contributed by atoms with Crippen molar-refractivity contribution in [2.45, 2.75) is 50.0 Å². The number of furan rings is 1. The van der Waals surface area contributed by atoms with Gasteiger partial charge in [-0.05, 0) is 62.5 Å². The van der Waals surface area contributed by atoms with E-state index in [0.717, 1.165) is 32.1 Å². The topological polar surface area (TPSA) is 78.4 Å². The van der Waals surface area contributed by atoms with Crippen LogP contribution < -0.4 is 0 Å². The molecule has 4 atom stereocenters. The summed E-state index contributed by atoms with van der Waals surface area (Å²) < 4.78 is 16.3. The molecule has 4 fully saturated rings. The molecule has 2 heterocycles. The van der Waals surface area contributed by atoms with Crippen LogP contribution >= 0.6 is 11.6 Å². The Kier molecular flexibility index (Phi) is 3.29. The molecule has 6 rings (SSSR count). The lowest BCUT2D eigenvalue weighted by atomic mass is 9.49. The van der Waals surface area contributed by atoms with Crippen molar-refractivity contribution in [2.24, 2.45) is 17.3 Å². The molecule has 4 saturated carbocycles. The van der Waals surface area contributed by atoms with Gasteiger partial charge >= 0.3 is 5.97 Å². The molecule has 0 aromatic carbocycles. The van der Waals surface area contributed by atoms with E-state index in [1.807, 2.05) is 0 Å². The highest BCUT2D eigenvalue weighted by Crippen LogP contribution is 2.64. The lowest BCUT2D eigenvalue weighted by Gasteiger charge is -2.58. The second-order valence-electron chi connectivity index (χ2n) is 7.95. The van der Waals surface area contributed by atoms with E-state index in [1.165, 1.54) is 12.7 Å². The zero-order valence-electron chi connectivity index (χ0n) is 13.7. The van der Waals surface area contributed by atoms with E-state index in [9.17, 15) is 4.79 Å². The standard InChI is InChI=1S/C18H19ClN2O4/c19-18-7-11-4-12(8-18)6-17(5-11,10-18)16(22)24-9-14-20-21-15(25-14)13-2-1-3-23-13/h1-3,11-12H,4-10H2/t11-,12+,17?,18?. The van der Waals surface area contributed by atoms with Crippen molar-refractivity contribution in [2.75, 3.05) is 0 Å². The zero-order chi connectivity index (χ0) is 17.1. The molecule has 0 aliphatic heterocycles. The highest BCUT2D eigenvalue weighted by Gasteiger charge is 2.60. The Balaban J connectivity index is 1.28. The molecule has 0 saturated heterocycles. The van der Waals surface area contributed by atoms with Crippen LogP contribution in [-0.2, 0) is 16.1 Å². The number of nitrogens with zero attached hydrogens (tertiary/aromatic N) is 2. The van der Waals surface area contributed by atoms with Gasteiger partial charge in [-0.1, -0.05) is 0 Å². The summed E-state index contributed by atoms with van der Waals surface area (Å²) in [5.74, 6) is 2.00.